The second-order valence-electron chi connectivity index (χ2n) is 42.3. The van der Waals surface area contributed by atoms with Crippen LogP contribution >= 0.6 is 34.8 Å². The Kier molecular flexibility index (Phi) is 26.9. The minimum atomic E-state index is -3.93. The average Bonchev–Trinajstić information content (AvgIpc) is 1.54. The number of anilines is 3. The Labute approximate surface area is 794 Å². The number of carbonyl (C=O) groups excluding carboxylic acids is 3. The van der Waals surface area contributed by atoms with E-state index in [0.29, 0.717) is 130 Å². The van der Waals surface area contributed by atoms with Crippen molar-refractivity contribution < 1.29 is 69.2 Å². The molecule has 21 rings (SSSR count). The molecule has 0 aromatic heterocycles. The molecular formula is C105H129Cl3N6O15S3. The number of ether oxygens (including phenoxy) is 3. The van der Waals surface area contributed by atoms with Crippen LogP contribution in [0.5, 0.6) is 17.2 Å². The van der Waals surface area contributed by atoms with Crippen molar-refractivity contribution in [3.05, 3.63) is 211 Å². The van der Waals surface area contributed by atoms with E-state index < -0.39 is 81.9 Å². The molecule has 3 amide bonds. The Morgan fingerprint density at radius 1 is 0.379 bits per heavy atom. The van der Waals surface area contributed by atoms with Crippen molar-refractivity contribution in [3.63, 3.8) is 0 Å². The smallest absolute Gasteiger partial charge is 0.264 e. The van der Waals surface area contributed by atoms with Gasteiger partial charge in [-0.2, -0.15) is 0 Å². The van der Waals surface area contributed by atoms with Crippen LogP contribution in [0.1, 0.15) is 239 Å². The standard InChI is InChI=1S/3C35H43ClN2O5S/c3*1-22-4-2-6-31(39)28-12-9-26(28)19-38-20-35(15-3-5-24-17-27(36)11-13-29(24)35)21-43-32-14-10-25(18-30(32)38)34(40)37-44(41,42)33(22)16-23-7-8-23/h3*2,6,10-11,13-14,17-18,22-23,26,28,31,33,39H,3-5,7-9,12,15-16,19-21H2,1H3,(H,37,40)/b6-2+;2*6-2-/t22-,26+,28-,31+,33-,35+;22-,26+,28-,31-,33+,35+;22-,26-,28+,31+,33-,35-/m110/s1. The number of nitrogens with one attached hydrogen (secondary N) is 3. The van der Waals surface area contributed by atoms with Crippen molar-refractivity contribution in [2.45, 2.75) is 244 Å². The molecule has 6 aromatic rings. The van der Waals surface area contributed by atoms with Crippen LogP contribution in [0.25, 0.3) is 0 Å². The predicted octanol–water partition coefficient (Wildman–Crippen LogP) is 18.1. The first-order valence-electron chi connectivity index (χ1n) is 49.0. The van der Waals surface area contributed by atoms with Gasteiger partial charge in [-0.1, -0.05) is 149 Å². The number of fused-ring (bicyclic) bond motifs is 12. The third-order valence-corrected chi connectivity index (χ3v) is 39.6. The lowest BCUT2D eigenvalue weighted by Crippen LogP contribution is -2.49. The first-order chi connectivity index (χ1) is 63.3. The van der Waals surface area contributed by atoms with Gasteiger partial charge >= 0.3 is 0 Å². The number of hydrogen-bond donors (Lipinski definition) is 6. The Morgan fingerprint density at radius 3 is 0.917 bits per heavy atom. The van der Waals surface area contributed by atoms with Gasteiger partial charge in [0.1, 0.15) is 17.2 Å². The van der Waals surface area contributed by atoms with E-state index in [-0.39, 0.29) is 69.5 Å². The van der Waals surface area contributed by atoms with Gasteiger partial charge in [-0.05, 0) is 330 Å². The van der Waals surface area contributed by atoms with Gasteiger partial charge in [0.25, 0.3) is 17.7 Å². The van der Waals surface area contributed by atoms with Gasteiger partial charge in [0.15, 0.2) is 0 Å². The van der Waals surface area contributed by atoms with E-state index in [0.717, 1.165) is 187 Å². The highest BCUT2D eigenvalue weighted by molar-refractivity contribution is 7.91. The lowest BCUT2D eigenvalue weighted by atomic mass is 9.68. The zero-order valence-corrected chi connectivity index (χ0v) is 80.9. The van der Waals surface area contributed by atoms with E-state index >= 15 is 0 Å². The van der Waals surface area contributed by atoms with Gasteiger partial charge in [0, 0.05) is 87.3 Å². The van der Waals surface area contributed by atoms with Gasteiger partial charge in [-0.25, -0.2) is 39.4 Å². The number of hydrogen-bond acceptors (Lipinski definition) is 18. The molecule has 6 aliphatic heterocycles. The largest absolute Gasteiger partial charge is 0.490 e. The summed E-state index contributed by atoms with van der Waals surface area (Å²) < 4.78 is 109. The fourth-order valence-corrected chi connectivity index (χ4v) is 30.4. The van der Waals surface area contributed by atoms with Gasteiger partial charge in [0.05, 0.1) is 70.9 Å². The van der Waals surface area contributed by atoms with Crippen LogP contribution in [0.4, 0.5) is 17.1 Å². The van der Waals surface area contributed by atoms with Crippen LogP contribution in [0.15, 0.2) is 146 Å². The number of rotatable bonds is 6. The Bertz CT molecular complexity index is 5270. The summed E-state index contributed by atoms with van der Waals surface area (Å²) in [6, 6.07) is 34.5. The van der Waals surface area contributed by atoms with Crippen molar-refractivity contribution in [2.24, 2.45) is 71.0 Å². The molecule has 6 aromatic carbocycles. The molecule has 27 heteroatoms. The molecule has 6 heterocycles. The van der Waals surface area contributed by atoms with E-state index in [1.165, 1.54) is 33.4 Å². The summed E-state index contributed by atoms with van der Waals surface area (Å²) in [4.78, 5) is 47.8. The molecule has 0 radical (unpaired) electrons. The molecule has 9 aliphatic carbocycles. The maximum atomic E-state index is 13.7. The first kappa shape index (κ1) is 93.4. The summed E-state index contributed by atoms with van der Waals surface area (Å²) >= 11 is 19.2. The van der Waals surface area contributed by atoms with E-state index in [4.69, 9.17) is 49.0 Å². The summed E-state index contributed by atoms with van der Waals surface area (Å²) in [5, 5.41) is 34.0. The fraction of sp³-hybridized carbons (Fsp3) is 0.571. The minimum absolute atomic E-state index is 0.132. The zero-order valence-electron chi connectivity index (χ0n) is 76.1. The quantitative estimate of drug-likeness (QED) is 0.0845. The van der Waals surface area contributed by atoms with E-state index in [1.54, 1.807) is 36.4 Å². The van der Waals surface area contributed by atoms with Crippen molar-refractivity contribution in [1.82, 2.24) is 14.2 Å². The minimum Gasteiger partial charge on any atom is -0.490 e. The maximum absolute atomic E-state index is 13.7. The van der Waals surface area contributed by atoms with Crippen LogP contribution in [-0.2, 0) is 65.6 Å². The second kappa shape index (κ2) is 38.0. The number of aliphatic hydroxyl groups is 3. The normalized spacial score (nSPS) is 34.0. The highest BCUT2D eigenvalue weighted by Gasteiger charge is 2.51. The van der Waals surface area contributed by atoms with Crippen molar-refractivity contribution >= 4 is 99.7 Å². The number of halogens is 3. The summed E-state index contributed by atoms with van der Waals surface area (Å²) in [5.74, 6) is 2.15. The van der Waals surface area contributed by atoms with Gasteiger partial charge in [0.2, 0.25) is 30.1 Å². The predicted molar refractivity (Wildman–Crippen MR) is 519 cm³/mol. The highest BCUT2D eigenvalue weighted by atomic mass is 35.5. The van der Waals surface area contributed by atoms with Crippen LogP contribution in [-0.4, -0.2) is 151 Å². The molecule has 6 bridgehead atoms. The molecule has 15 aliphatic rings. The Balaban J connectivity index is 0.000000128. The summed E-state index contributed by atoms with van der Waals surface area (Å²) in [6.45, 7) is 11.6. The van der Waals surface area contributed by atoms with Gasteiger partial charge in [-0.15, -0.1) is 0 Å². The number of allylic oxidation sites excluding steroid dienone is 3. The monoisotopic (exact) mass is 1910 g/mol. The Hall–Kier alpha value is -7.65. The molecule has 18 atom stereocenters. The Morgan fingerprint density at radius 2 is 0.659 bits per heavy atom. The lowest BCUT2D eigenvalue weighted by molar-refractivity contribution is 0.0454. The molecule has 708 valence electrons. The summed E-state index contributed by atoms with van der Waals surface area (Å²) in [7, 11) is -11.8. The number of aliphatic hydroxyl groups excluding tert-OH is 3. The third-order valence-electron chi connectivity index (χ3n) is 33.1. The molecule has 21 nitrogen and oxygen atoms in total. The van der Waals surface area contributed by atoms with E-state index in [9.17, 15) is 55.0 Å². The van der Waals surface area contributed by atoms with Gasteiger partial charge < -0.3 is 44.2 Å². The van der Waals surface area contributed by atoms with Crippen molar-refractivity contribution in [3.8, 4) is 17.2 Å². The van der Waals surface area contributed by atoms with Crippen molar-refractivity contribution in [2.75, 3.05) is 73.8 Å². The van der Waals surface area contributed by atoms with Gasteiger partial charge in [-0.3, -0.25) is 14.4 Å². The van der Waals surface area contributed by atoms with Crippen molar-refractivity contribution in [1.29, 1.82) is 0 Å². The molecule has 6 saturated carbocycles. The number of benzene rings is 6. The molecule has 3 spiro atoms. The number of carbonyl (C=O) groups is 3. The SMILES string of the molecule is C[C@@H]1C/C=C/[C@H](O)[C@@H]2CC[C@H]2CN2C[C@@]3(CCCc4cc(Cl)ccc43)COc3ccc(cc32)C(=O)NS(=O)(=O)[C@@H]1CC1CC1.C[C@@H]1C/C=C\[C@@H](O)[C@@H]2CC[C@H]2CN2C[C@@]3(CCCc4cc(Cl)ccc43)COc3ccc(cc32)C(=O)NS(=O)(=O)[C@H]1CC1CC1.C[C@H]1C/C=C\[C@@H](O)[C@@H]2CC[C@H]2CN2C[C@@]3(CCCc4cc(Cl)ccc43)COc3ccc(cc32)C(=O)NS(=O)(=O)[C@H]1CC1CC1. The average molecular weight is 1920 g/mol. The van der Waals surface area contributed by atoms with Crippen LogP contribution in [0, 0.1) is 71.0 Å². The zero-order chi connectivity index (χ0) is 91.9. The molecule has 6 fully saturated rings. The molecule has 132 heavy (non-hydrogen) atoms. The maximum Gasteiger partial charge on any atom is 0.264 e. The van der Waals surface area contributed by atoms with Crippen LogP contribution in [0.3, 0.4) is 0 Å². The molecule has 0 unspecified atom stereocenters. The topological polar surface area (TPSA) is 288 Å². The van der Waals surface area contributed by atoms with E-state index in [1.807, 2.05) is 93.6 Å². The number of amides is 3. The number of sulfonamides is 3. The third kappa shape index (κ3) is 19.8. The summed E-state index contributed by atoms with van der Waals surface area (Å²) in [6.07, 6.45) is 34.1. The highest BCUT2D eigenvalue weighted by Crippen LogP contribution is 2.53. The second-order valence-corrected chi connectivity index (χ2v) is 49.3. The van der Waals surface area contributed by atoms with E-state index in [2.05, 4.69) is 65.3 Å². The molecule has 6 N–H and O–H groups in total. The summed E-state index contributed by atoms with van der Waals surface area (Å²) in [5.41, 5.74) is 10.1. The molecule has 0 saturated heterocycles. The lowest BCUT2D eigenvalue weighted by Gasteiger charge is -2.45. The van der Waals surface area contributed by atoms with Crippen LogP contribution in [0.2, 0.25) is 15.1 Å². The number of nitrogens with zero attached hydrogens (tertiary/aromatic N) is 3. The number of aryl methyl sites for hydroxylation is 3. The molecular weight excluding hydrogens is 1790 g/mol. The fourth-order valence-electron chi connectivity index (χ4n) is 24.4. The first-order valence-corrected chi connectivity index (χ1v) is 54.8. The van der Waals surface area contributed by atoms with Crippen LogP contribution < -0.4 is 43.1 Å².